The fourth-order valence-corrected chi connectivity index (χ4v) is 8.89. The summed E-state index contributed by atoms with van der Waals surface area (Å²) in [6.45, 7) is 0. The lowest BCUT2D eigenvalue weighted by atomic mass is 9.67. The molecule has 10 rings (SSSR count). The molecule has 1 aliphatic carbocycles. The summed E-state index contributed by atoms with van der Waals surface area (Å²) in [5, 5.41) is 2.52. The molecule has 0 unspecified atom stereocenters. The van der Waals surface area contributed by atoms with Crippen LogP contribution in [0, 0.1) is 0 Å². The van der Waals surface area contributed by atoms with Crippen LogP contribution in [0.25, 0.3) is 60.9 Å². The normalized spacial score (nSPS) is 13.0. The van der Waals surface area contributed by atoms with Crippen LogP contribution in [0.5, 0.6) is 0 Å². The molecule has 0 fully saturated rings. The van der Waals surface area contributed by atoms with Crippen molar-refractivity contribution in [2.75, 3.05) is 0 Å². The standard InChI is InChI=1S/C49H32BrN/c50-39-25-27-42-41-26-23-36(31-45(41)49(46(42)32-39,37-15-4-1-5-16-37)38-17-6-2-7-18-38)34-14-12-13-33(29-34)35-24-28-48-44(30-35)43-21-10-11-22-47(43)51(48)40-19-8-3-9-20-40/h1-32H. The van der Waals surface area contributed by atoms with Crippen molar-refractivity contribution in [1.29, 1.82) is 0 Å². The zero-order valence-corrected chi connectivity index (χ0v) is 29.4. The Bertz CT molecular complexity index is 2700. The van der Waals surface area contributed by atoms with Gasteiger partial charge in [0.1, 0.15) is 0 Å². The monoisotopic (exact) mass is 713 g/mol. The summed E-state index contributed by atoms with van der Waals surface area (Å²) in [5.74, 6) is 0. The van der Waals surface area contributed by atoms with Gasteiger partial charge < -0.3 is 4.57 Å². The van der Waals surface area contributed by atoms with Gasteiger partial charge in [-0.05, 0) is 110 Å². The van der Waals surface area contributed by atoms with Crippen molar-refractivity contribution in [3.05, 3.63) is 221 Å². The van der Waals surface area contributed by atoms with Crippen LogP contribution in [-0.2, 0) is 5.41 Å². The number of para-hydroxylation sites is 2. The predicted molar refractivity (Wildman–Crippen MR) is 217 cm³/mol. The topological polar surface area (TPSA) is 4.93 Å². The minimum atomic E-state index is -0.456. The molecule has 0 bridgehead atoms. The van der Waals surface area contributed by atoms with Crippen LogP contribution >= 0.6 is 15.9 Å². The van der Waals surface area contributed by atoms with Gasteiger partial charge in [-0.3, -0.25) is 0 Å². The predicted octanol–water partition coefficient (Wildman–Crippen LogP) is 13.2. The first-order valence-corrected chi connectivity index (χ1v) is 18.2. The molecule has 0 spiro atoms. The van der Waals surface area contributed by atoms with Crippen LogP contribution in [0.4, 0.5) is 0 Å². The van der Waals surface area contributed by atoms with Gasteiger partial charge in [0.05, 0.1) is 16.4 Å². The molecule has 0 aliphatic heterocycles. The van der Waals surface area contributed by atoms with E-state index in [1.54, 1.807) is 0 Å². The van der Waals surface area contributed by atoms with Gasteiger partial charge in [0, 0.05) is 20.9 Å². The molecule has 0 amide bonds. The van der Waals surface area contributed by atoms with E-state index in [4.69, 9.17) is 0 Å². The Hall–Kier alpha value is -5.96. The largest absolute Gasteiger partial charge is 0.309 e. The molecule has 1 heterocycles. The molecule has 1 nitrogen and oxygen atoms in total. The second-order valence-electron chi connectivity index (χ2n) is 13.4. The van der Waals surface area contributed by atoms with Crippen LogP contribution in [0.2, 0.25) is 0 Å². The van der Waals surface area contributed by atoms with Crippen molar-refractivity contribution in [3.8, 4) is 39.1 Å². The van der Waals surface area contributed by atoms with Crippen molar-refractivity contribution in [1.82, 2.24) is 4.57 Å². The van der Waals surface area contributed by atoms with E-state index in [2.05, 4.69) is 215 Å². The second-order valence-corrected chi connectivity index (χ2v) is 14.3. The van der Waals surface area contributed by atoms with E-state index in [0.29, 0.717) is 0 Å². The van der Waals surface area contributed by atoms with Gasteiger partial charge in [-0.2, -0.15) is 0 Å². The van der Waals surface area contributed by atoms with E-state index < -0.39 is 5.41 Å². The van der Waals surface area contributed by atoms with E-state index in [1.807, 2.05) is 0 Å². The third-order valence-corrected chi connectivity index (χ3v) is 11.2. The van der Waals surface area contributed by atoms with Gasteiger partial charge in [0.2, 0.25) is 0 Å². The van der Waals surface area contributed by atoms with Gasteiger partial charge in [-0.1, -0.05) is 155 Å². The first-order chi connectivity index (χ1) is 25.2. The maximum absolute atomic E-state index is 3.83. The number of hydrogen-bond donors (Lipinski definition) is 0. The van der Waals surface area contributed by atoms with Gasteiger partial charge in [0.25, 0.3) is 0 Å². The molecule has 2 heteroatoms. The summed E-state index contributed by atoms with van der Waals surface area (Å²) in [6, 6.07) is 71.2. The second kappa shape index (κ2) is 11.8. The molecule has 9 aromatic rings. The third kappa shape index (κ3) is 4.60. The zero-order valence-electron chi connectivity index (χ0n) is 27.8. The zero-order chi connectivity index (χ0) is 33.9. The van der Waals surface area contributed by atoms with E-state index in [9.17, 15) is 0 Å². The number of fused-ring (bicyclic) bond motifs is 6. The molecular formula is C49H32BrN. The smallest absolute Gasteiger partial charge is 0.0714 e. The third-order valence-electron chi connectivity index (χ3n) is 10.7. The highest BCUT2D eigenvalue weighted by molar-refractivity contribution is 9.10. The Morgan fingerprint density at radius 3 is 1.61 bits per heavy atom. The molecule has 0 radical (unpaired) electrons. The summed E-state index contributed by atoms with van der Waals surface area (Å²) in [4.78, 5) is 0. The Balaban J connectivity index is 1.14. The van der Waals surface area contributed by atoms with E-state index in [1.165, 1.54) is 83.1 Å². The summed E-state index contributed by atoms with van der Waals surface area (Å²) in [6.07, 6.45) is 0. The summed E-state index contributed by atoms with van der Waals surface area (Å²) >= 11 is 3.83. The van der Waals surface area contributed by atoms with Crippen molar-refractivity contribution >= 4 is 37.7 Å². The van der Waals surface area contributed by atoms with Crippen LogP contribution in [0.15, 0.2) is 199 Å². The molecule has 1 aromatic heterocycles. The number of rotatable bonds is 5. The number of nitrogens with zero attached hydrogens (tertiary/aromatic N) is 1. The van der Waals surface area contributed by atoms with Gasteiger partial charge in [-0.25, -0.2) is 0 Å². The number of aromatic nitrogens is 1. The Labute approximate surface area is 306 Å². The molecule has 8 aromatic carbocycles. The van der Waals surface area contributed by atoms with Crippen LogP contribution in [-0.4, -0.2) is 4.57 Å². The molecule has 0 N–H and O–H groups in total. The molecule has 51 heavy (non-hydrogen) atoms. The fraction of sp³-hybridized carbons (Fsp3) is 0.0204. The fourth-order valence-electron chi connectivity index (χ4n) is 8.53. The van der Waals surface area contributed by atoms with Crippen LogP contribution in [0.1, 0.15) is 22.3 Å². The van der Waals surface area contributed by atoms with E-state index >= 15 is 0 Å². The van der Waals surface area contributed by atoms with Crippen molar-refractivity contribution in [3.63, 3.8) is 0 Å². The quantitative estimate of drug-likeness (QED) is 0.167. The van der Waals surface area contributed by atoms with Crippen molar-refractivity contribution in [2.24, 2.45) is 0 Å². The summed E-state index contributed by atoms with van der Waals surface area (Å²) in [7, 11) is 0. The van der Waals surface area contributed by atoms with Crippen LogP contribution in [0.3, 0.4) is 0 Å². The van der Waals surface area contributed by atoms with Crippen molar-refractivity contribution in [2.45, 2.75) is 5.41 Å². The average Bonchev–Trinajstić information content (AvgIpc) is 3.68. The van der Waals surface area contributed by atoms with E-state index in [-0.39, 0.29) is 0 Å². The minimum Gasteiger partial charge on any atom is -0.309 e. The first-order valence-electron chi connectivity index (χ1n) is 17.5. The lowest BCUT2D eigenvalue weighted by Crippen LogP contribution is -2.28. The molecule has 0 saturated heterocycles. The lowest BCUT2D eigenvalue weighted by Gasteiger charge is -2.34. The average molecular weight is 715 g/mol. The minimum absolute atomic E-state index is 0.456. The molecule has 0 saturated carbocycles. The van der Waals surface area contributed by atoms with Gasteiger partial charge in [0.15, 0.2) is 0 Å². The maximum atomic E-state index is 3.83. The van der Waals surface area contributed by atoms with Crippen molar-refractivity contribution < 1.29 is 0 Å². The number of benzene rings is 8. The molecular weight excluding hydrogens is 682 g/mol. The maximum Gasteiger partial charge on any atom is 0.0714 e. The van der Waals surface area contributed by atoms with Crippen LogP contribution < -0.4 is 0 Å². The highest BCUT2D eigenvalue weighted by atomic mass is 79.9. The Morgan fingerprint density at radius 2 is 0.902 bits per heavy atom. The van der Waals surface area contributed by atoms with Gasteiger partial charge in [-0.15, -0.1) is 0 Å². The molecule has 240 valence electrons. The number of halogens is 1. The van der Waals surface area contributed by atoms with Gasteiger partial charge >= 0.3 is 0 Å². The highest BCUT2D eigenvalue weighted by Crippen LogP contribution is 2.57. The van der Waals surface area contributed by atoms with E-state index in [0.717, 1.165) is 4.47 Å². The summed E-state index contributed by atoms with van der Waals surface area (Å²) in [5.41, 5.74) is 15.7. The number of hydrogen-bond acceptors (Lipinski definition) is 0. The lowest BCUT2D eigenvalue weighted by molar-refractivity contribution is 0.768. The molecule has 1 aliphatic rings. The first kappa shape index (κ1) is 29.9. The highest BCUT2D eigenvalue weighted by Gasteiger charge is 2.46. The molecule has 0 atom stereocenters. The SMILES string of the molecule is Brc1ccc2c(c1)C(c1ccccc1)(c1ccccc1)c1cc(-c3cccc(-c4ccc5c(c4)c4ccccc4n5-c4ccccc4)c3)ccc1-2. The summed E-state index contributed by atoms with van der Waals surface area (Å²) < 4.78 is 3.46. The Kier molecular flexibility index (Phi) is 6.94. The Morgan fingerprint density at radius 1 is 0.373 bits per heavy atom.